The first-order valence-electron chi connectivity index (χ1n) is 10.1. The van der Waals surface area contributed by atoms with Gasteiger partial charge < -0.3 is 15.0 Å². The zero-order valence-corrected chi connectivity index (χ0v) is 16.9. The molecule has 1 N–H and O–H groups in total. The Morgan fingerprint density at radius 2 is 1.85 bits per heavy atom. The molecular formula is C22H32N2O3. The predicted octanol–water partition coefficient (Wildman–Crippen LogP) is 4.29. The molecule has 2 amide bonds. The summed E-state index contributed by atoms with van der Waals surface area (Å²) < 4.78 is 5.47. The van der Waals surface area contributed by atoms with Gasteiger partial charge in [-0.2, -0.15) is 0 Å². The van der Waals surface area contributed by atoms with Crippen molar-refractivity contribution in [3.05, 3.63) is 35.9 Å². The number of nitrogens with zero attached hydrogens (tertiary/aromatic N) is 1. The van der Waals surface area contributed by atoms with Crippen LogP contribution in [0.1, 0.15) is 65.0 Å². The highest BCUT2D eigenvalue weighted by Crippen LogP contribution is 2.38. The van der Waals surface area contributed by atoms with Gasteiger partial charge in [0.25, 0.3) is 0 Å². The fraction of sp³-hybridized carbons (Fsp3) is 0.636. The van der Waals surface area contributed by atoms with Gasteiger partial charge in [-0.3, -0.25) is 4.79 Å². The van der Waals surface area contributed by atoms with Crippen molar-refractivity contribution in [1.29, 1.82) is 0 Å². The highest BCUT2D eigenvalue weighted by atomic mass is 16.6. The Kier molecular flexibility index (Phi) is 5.78. The zero-order valence-electron chi connectivity index (χ0n) is 16.9. The van der Waals surface area contributed by atoms with Crippen LogP contribution in [-0.2, 0) is 9.53 Å². The average Bonchev–Trinajstić information content (AvgIpc) is 2.92. The number of nitrogens with one attached hydrogen (secondary N) is 1. The molecular weight excluding hydrogens is 340 g/mol. The van der Waals surface area contributed by atoms with E-state index in [1.165, 1.54) is 6.42 Å². The minimum Gasteiger partial charge on any atom is -0.444 e. The molecule has 1 aromatic carbocycles. The molecule has 1 heterocycles. The lowest BCUT2D eigenvalue weighted by Crippen LogP contribution is -2.49. The number of likely N-dealkylation sites (tertiary alicyclic amines) is 1. The van der Waals surface area contributed by atoms with Gasteiger partial charge in [0.05, 0.1) is 6.04 Å². The third kappa shape index (κ3) is 4.82. The van der Waals surface area contributed by atoms with Crippen LogP contribution in [0.4, 0.5) is 4.79 Å². The van der Waals surface area contributed by atoms with Crippen molar-refractivity contribution in [2.24, 2.45) is 11.8 Å². The lowest BCUT2D eigenvalue weighted by atomic mass is 9.74. The lowest BCUT2D eigenvalue weighted by molar-refractivity contribution is -0.129. The summed E-state index contributed by atoms with van der Waals surface area (Å²) >= 11 is 0. The van der Waals surface area contributed by atoms with Gasteiger partial charge in [0.1, 0.15) is 5.60 Å². The Bertz CT molecular complexity index is 664. The van der Waals surface area contributed by atoms with E-state index in [0.717, 1.165) is 18.4 Å². The molecule has 5 nitrogen and oxygen atoms in total. The number of benzene rings is 1. The number of rotatable bonds is 5. The first-order chi connectivity index (χ1) is 12.7. The van der Waals surface area contributed by atoms with E-state index in [0.29, 0.717) is 18.9 Å². The van der Waals surface area contributed by atoms with Gasteiger partial charge in [-0.25, -0.2) is 4.79 Å². The highest BCUT2D eigenvalue weighted by Gasteiger charge is 2.42. The summed E-state index contributed by atoms with van der Waals surface area (Å²) in [7, 11) is 0. The quantitative estimate of drug-likeness (QED) is 0.839. The van der Waals surface area contributed by atoms with E-state index in [1.54, 1.807) is 0 Å². The number of hydrogen-bond acceptors (Lipinski definition) is 3. The van der Waals surface area contributed by atoms with Crippen LogP contribution < -0.4 is 5.32 Å². The summed E-state index contributed by atoms with van der Waals surface area (Å²) in [5, 5.41) is 3.10. The maximum Gasteiger partial charge on any atom is 0.407 e. The van der Waals surface area contributed by atoms with Crippen molar-refractivity contribution >= 4 is 12.0 Å². The molecule has 1 unspecified atom stereocenters. The molecule has 5 heteroatoms. The average molecular weight is 373 g/mol. The van der Waals surface area contributed by atoms with Crippen molar-refractivity contribution in [3.8, 4) is 0 Å². The van der Waals surface area contributed by atoms with Crippen LogP contribution in [0.3, 0.4) is 0 Å². The van der Waals surface area contributed by atoms with Crippen LogP contribution in [0.5, 0.6) is 0 Å². The lowest BCUT2D eigenvalue weighted by Gasteiger charge is -2.38. The van der Waals surface area contributed by atoms with Crippen molar-refractivity contribution in [1.82, 2.24) is 10.2 Å². The molecule has 2 fully saturated rings. The molecule has 0 spiro atoms. The number of alkyl carbamates (subject to hydrolysis) is 1. The van der Waals surface area contributed by atoms with E-state index in [-0.39, 0.29) is 30.0 Å². The molecule has 0 radical (unpaired) electrons. The van der Waals surface area contributed by atoms with Crippen molar-refractivity contribution in [2.45, 2.75) is 71.1 Å². The first kappa shape index (κ1) is 19.7. The number of amides is 2. The second-order valence-corrected chi connectivity index (χ2v) is 8.96. The number of hydrogen-bond donors (Lipinski definition) is 1. The van der Waals surface area contributed by atoms with Gasteiger partial charge in [-0.05, 0) is 52.0 Å². The standard InChI is InChI=1S/C22H32N2O3/c1-15(16-9-6-5-7-10-16)24-14-18(13-19(24)25)20(17-11-8-12-17)23-21(26)27-22(2,3)4/h5-7,9-10,15,17-18,20H,8,11-14H2,1-4H3,(H,23,26)/t15-,18+,20?/m0/s1. The summed E-state index contributed by atoms with van der Waals surface area (Å²) in [4.78, 5) is 27.0. The zero-order chi connectivity index (χ0) is 19.6. The summed E-state index contributed by atoms with van der Waals surface area (Å²) in [6.45, 7) is 8.37. The molecule has 148 valence electrons. The molecule has 1 saturated heterocycles. The number of carbonyl (C=O) groups excluding carboxylic acids is 2. The highest BCUT2D eigenvalue weighted by molar-refractivity contribution is 5.79. The molecule has 3 rings (SSSR count). The smallest absolute Gasteiger partial charge is 0.407 e. The molecule has 1 saturated carbocycles. The van der Waals surface area contributed by atoms with Crippen LogP contribution in [0.2, 0.25) is 0 Å². The van der Waals surface area contributed by atoms with E-state index < -0.39 is 5.60 Å². The predicted molar refractivity (Wildman–Crippen MR) is 105 cm³/mol. The second-order valence-electron chi connectivity index (χ2n) is 8.96. The van der Waals surface area contributed by atoms with Crippen molar-refractivity contribution < 1.29 is 14.3 Å². The first-order valence-corrected chi connectivity index (χ1v) is 10.1. The normalized spacial score (nSPS) is 22.9. The van der Waals surface area contributed by atoms with Crippen LogP contribution in [-0.4, -0.2) is 35.1 Å². The molecule has 1 aromatic rings. The van der Waals surface area contributed by atoms with Gasteiger partial charge in [-0.15, -0.1) is 0 Å². The number of carbonyl (C=O) groups is 2. The summed E-state index contributed by atoms with van der Waals surface area (Å²) in [5.74, 6) is 0.760. The minimum absolute atomic E-state index is 0.00511. The second kappa shape index (κ2) is 7.91. The van der Waals surface area contributed by atoms with E-state index in [1.807, 2.05) is 43.9 Å². The topological polar surface area (TPSA) is 58.6 Å². The Morgan fingerprint density at radius 3 is 2.41 bits per heavy atom. The molecule has 1 aliphatic carbocycles. The van der Waals surface area contributed by atoms with Gasteiger partial charge >= 0.3 is 6.09 Å². The van der Waals surface area contributed by atoms with E-state index in [2.05, 4.69) is 24.4 Å². The van der Waals surface area contributed by atoms with E-state index in [9.17, 15) is 9.59 Å². The van der Waals surface area contributed by atoms with Gasteiger partial charge in [0.15, 0.2) is 0 Å². The van der Waals surface area contributed by atoms with Gasteiger partial charge in [0.2, 0.25) is 5.91 Å². The minimum atomic E-state index is -0.520. The molecule has 27 heavy (non-hydrogen) atoms. The Labute approximate surface area is 162 Å². The van der Waals surface area contributed by atoms with Crippen LogP contribution in [0.15, 0.2) is 30.3 Å². The summed E-state index contributed by atoms with van der Waals surface area (Å²) in [6, 6.07) is 10.2. The molecule has 2 aliphatic rings. The van der Waals surface area contributed by atoms with Crippen molar-refractivity contribution in [2.75, 3.05) is 6.54 Å². The third-order valence-corrected chi connectivity index (χ3v) is 5.79. The van der Waals surface area contributed by atoms with Crippen molar-refractivity contribution in [3.63, 3.8) is 0 Å². The third-order valence-electron chi connectivity index (χ3n) is 5.79. The van der Waals surface area contributed by atoms with Gasteiger partial charge in [0, 0.05) is 24.9 Å². The fourth-order valence-electron chi connectivity index (χ4n) is 4.15. The molecule has 0 bridgehead atoms. The Morgan fingerprint density at radius 1 is 1.19 bits per heavy atom. The molecule has 0 aromatic heterocycles. The van der Waals surface area contributed by atoms with E-state index >= 15 is 0 Å². The summed E-state index contributed by atoms with van der Waals surface area (Å²) in [5.41, 5.74) is 0.625. The molecule has 1 aliphatic heterocycles. The van der Waals surface area contributed by atoms with Crippen LogP contribution in [0, 0.1) is 11.8 Å². The SMILES string of the molecule is C[C@@H](c1ccccc1)N1C[C@H](C(NC(=O)OC(C)(C)C)C2CCC2)CC1=O. The van der Waals surface area contributed by atoms with Crippen LogP contribution in [0.25, 0.3) is 0 Å². The van der Waals surface area contributed by atoms with E-state index in [4.69, 9.17) is 4.74 Å². The fourth-order valence-corrected chi connectivity index (χ4v) is 4.15. The Hall–Kier alpha value is -2.04. The maximum atomic E-state index is 12.7. The number of ether oxygens (including phenoxy) is 1. The molecule has 3 atom stereocenters. The monoisotopic (exact) mass is 372 g/mol. The van der Waals surface area contributed by atoms with Gasteiger partial charge in [-0.1, -0.05) is 36.8 Å². The Balaban J connectivity index is 1.69. The largest absolute Gasteiger partial charge is 0.444 e. The summed E-state index contributed by atoms with van der Waals surface area (Å²) in [6.07, 6.45) is 3.54. The van der Waals surface area contributed by atoms with Crippen LogP contribution >= 0.6 is 0 Å². The maximum absolute atomic E-state index is 12.7.